The number of fused-ring (bicyclic) bond motifs is 1. The van der Waals surface area contributed by atoms with Crippen molar-refractivity contribution in [3.63, 3.8) is 0 Å². The standard InChI is InChI=1S/C26H25ClN2O3/c1-4-31-23-11-8-19(14-21(23)27)26(30)28-20-9-5-17(6-10-20)13-25-29-22-15-18(16(2)3)7-12-24(22)32-25/h5-12,14-16H,4,13H2,1-3H3,(H,28,30). The number of rotatable bonds is 7. The molecule has 1 heterocycles. The van der Waals surface area contributed by atoms with Gasteiger partial charge < -0.3 is 14.5 Å². The average Bonchev–Trinajstić information content (AvgIpc) is 3.18. The van der Waals surface area contributed by atoms with Crippen molar-refractivity contribution in [2.75, 3.05) is 11.9 Å². The van der Waals surface area contributed by atoms with Crippen LogP contribution < -0.4 is 10.1 Å². The molecule has 4 aromatic rings. The third-order valence-electron chi connectivity index (χ3n) is 5.18. The monoisotopic (exact) mass is 448 g/mol. The van der Waals surface area contributed by atoms with E-state index in [9.17, 15) is 4.79 Å². The SMILES string of the molecule is CCOc1ccc(C(=O)Nc2ccc(Cc3nc4cc(C(C)C)ccc4o3)cc2)cc1Cl. The lowest BCUT2D eigenvalue weighted by atomic mass is 10.0. The quantitative estimate of drug-likeness (QED) is 0.336. The van der Waals surface area contributed by atoms with Gasteiger partial charge in [0.25, 0.3) is 5.91 Å². The van der Waals surface area contributed by atoms with E-state index >= 15 is 0 Å². The second kappa shape index (κ2) is 9.45. The molecule has 1 amide bonds. The molecule has 6 heteroatoms. The van der Waals surface area contributed by atoms with Gasteiger partial charge in [-0.25, -0.2) is 4.98 Å². The van der Waals surface area contributed by atoms with Crippen molar-refractivity contribution in [3.05, 3.63) is 88.3 Å². The minimum Gasteiger partial charge on any atom is -0.492 e. The fourth-order valence-corrected chi connectivity index (χ4v) is 3.66. The van der Waals surface area contributed by atoms with Crippen LogP contribution in [-0.2, 0) is 6.42 Å². The zero-order valence-electron chi connectivity index (χ0n) is 18.3. The summed E-state index contributed by atoms with van der Waals surface area (Å²) in [5, 5.41) is 3.30. The molecule has 0 aliphatic rings. The van der Waals surface area contributed by atoms with Crippen LogP contribution in [0.1, 0.15) is 54.1 Å². The molecule has 0 aliphatic carbocycles. The van der Waals surface area contributed by atoms with E-state index in [1.807, 2.05) is 37.3 Å². The maximum Gasteiger partial charge on any atom is 0.255 e. The van der Waals surface area contributed by atoms with Crippen LogP contribution in [-0.4, -0.2) is 17.5 Å². The topological polar surface area (TPSA) is 64.4 Å². The Labute approximate surface area is 192 Å². The Morgan fingerprint density at radius 1 is 1.09 bits per heavy atom. The van der Waals surface area contributed by atoms with Gasteiger partial charge in [0.15, 0.2) is 11.5 Å². The highest BCUT2D eigenvalue weighted by atomic mass is 35.5. The third kappa shape index (κ3) is 4.94. The number of aromatic nitrogens is 1. The number of nitrogens with zero attached hydrogens (tertiary/aromatic N) is 1. The second-order valence-corrected chi connectivity index (χ2v) is 8.30. The predicted molar refractivity (Wildman–Crippen MR) is 128 cm³/mol. The number of benzene rings is 3. The van der Waals surface area contributed by atoms with Gasteiger partial charge in [-0.3, -0.25) is 4.79 Å². The van der Waals surface area contributed by atoms with Crippen molar-refractivity contribution in [1.82, 2.24) is 4.98 Å². The van der Waals surface area contributed by atoms with Gasteiger partial charge in [-0.2, -0.15) is 0 Å². The van der Waals surface area contributed by atoms with E-state index in [0.29, 0.717) is 46.9 Å². The fraction of sp³-hybridized carbons (Fsp3) is 0.231. The minimum absolute atomic E-state index is 0.234. The van der Waals surface area contributed by atoms with Crippen LogP contribution in [0.5, 0.6) is 5.75 Å². The van der Waals surface area contributed by atoms with Crippen LogP contribution in [0, 0.1) is 0 Å². The third-order valence-corrected chi connectivity index (χ3v) is 5.48. The molecule has 0 atom stereocenters. The zero-order chi connectivity index (χ0) is 22.7. The molecular formula is C26H25ClN2O3. The normalized spacial score (nSPS) is 11.2. The predicted octanol–water partition coefficient (Wildman–Crippen LogP) is 6.85. The lowest BCUT2D eigenvalue weighted by Crippen LogP contribution is -2.12. The number of carbonyl (C=O) groups is 1. The molecule has 5 nitrogen and oxygen atoms in total. The molecule has 0 unspecified atom stereocenters. The first kappa shape index (κ1) is 21.9. The number of amides is 1. The Kier molecular flexibility index (Phi) is 6.47. The number of ether oxygens (including phenoxy) is 1. The van der Waals surface area contributed by atoms with E-state index < -0.39 is 0 Å². The molecule has 0 spiro atoms. The van der Waals surface area contributed by atoms with E-state index in [4.69, 9.17) is 20.8 Å². The van der Waals surface area contributed by atoms with Crippen LogP contribution in [0.25, 0.3) is 11.1 Å². The van der Waals surface area contributed by atoms with Crippen molar-refractivity contribution in [2.45, 2.75) is 33.1 Å². The molecule has 32 heavy (non-hydrogen) atoms. The second-order valence-electron chi connectivity index (χ2n) is 7.90. The molecule has 0 bridgehead atoms. The summed E-state index contributed by atoms with van der Waals surface area (Å²) >= 11 is 6.19. The summed E-state index contributed by atoms with van der Waals surface area (Å²) in [5.41, 5.74) is 5.12. The first-order valence-corrected chi connectivity index (χ1v) is 11.0. The highest BCUT2D eigenvalue weighted by molar-refractivity contribution is 6.32. The van der Waals surface area contributed by atoms with Crippen LogP contribution in [0.4, 0.5) is 5.69 Å². The number of halogens is 1. The number of hydrogen-bond acceptors (Lipinski definition) is 4. The summed E-state index contributed by atoms with van der Waals surface area (Å²) < 4.78 is 11.3. The van der Waals surface area contributed by atoms with Crippen molar-refractivity contribution in [3.8, 4) is 5.75 Å². The average molecular weight is 449 g/mol. The lowest BCUT2D eigenvalue weighted by molar-refractivity contribution is 0.102. The van der Waals surface area contributed by atoms with Gasteiger partial charge in [0, 0.05) is 17.7 Å². The maximum absolute atomic E-state index is 12.6. The molecule has 1 N–H and O–H groups in total. The van der Waals surface area contributed by atoms with Gasteiger partial charge in [-0.05, 0) is 66.4 Å². The summed E-state index contributed by atoms with van der Waals surface area (Å²) in [7, 11) is 0. The van der Waals surface area contributed by atoms with E-state index in [1.54, 1.807) is 18.2 Å². The minimum atomic E-state index is -0.234. The van der Waals surface area contributed by atoms with Gasteiger partial charge in [-0.15, -0.1) is 0 Å². The van der Waals surface area contributed by atoms with Crippen LogP contribution in [0.2, 0.25) is 5.02 Å². The Balaban J connectivity index is 1.42. The summed E-state index contributed by atoms with van der Waals surface area (Å²) in [6.07, 6.45) is 0.578. The fourth-order valence-electron chi connectivity index (χ4n) is 3.43. The lowest BCUT2D eigenvalue weighted by Gasteiger charge is -2.09. The van der Waals surface area contributed by atoms with Crippen LogP contribution in [0.15, 0.2) is 65.1 Å². The summed E-state index contributed by atoms with van der Waals surface area (Å²) in [6.45, 7) is 6.72. The molecule has 0 saturated carbocycles. The molecule has 164 valence electrons. The first-order chi connectivity index (χ1) is 15.4. The molecular weight excluding hydrogens is 424 g/mol. The smallest absolute Gasteiger partial charge is 0.255 e. The molecule has 0 aliphatic heterocycles. The summed E-state index contributed by atoms with van der Waals surface area (Å²) in [6, 6.07) is 18.8. The Bertz CT molecular complexity index is 1250. The van der Waals surface area contributed by atoms with Crippen molar-refractivity contribution < 1.29 is 13.9 Å². The van der Waals surface area contributed by atoms with Gasteiger partial charge in [-0.1, -0.05) is 43.6 Å². The van der Waals surface area contributed by atoms with E-state index in [0.717, 1.165) is 16.7 Å². The highest BCUT2D eigenvalue weighted by Crippen LogP contribution is 2.26. The largest absolute Gasteiger partial charge is 0.492 e. The van der Waals surface area contributed by atoms with Crippen molar-refractivity contribution in [1.29, 1.82) is 0 Å². The van der Waals surface area contributed by atoms with E-state index in [2.05, 4.69) is 36.3 Å². The molecule has 3 aromatic carbocycles. The number of hydrogen-bond donors (Lipinski definition) is 1. The Morgan fingerprint density at radius 2 is 1.88 bits per heavy atom. The molecule has 4 rings (SSSR count). The summed E-state index contributed by atoms with van der Waals surface area (Å²) in [5.74, 6) is 1.44. The van der Waals surface area contributed by atoms with Crippen LogP contribution in [0.3, 0.4) is 0 Å². The maximum atomic E-state index is 12.6. The number of oxazole rings is 1. The van der Waals surface area contributed by atoms with Gasteiger partial charge in [0.05, 0.1) is 11.6 Å². The molecule has 0 fully saturated rings. The van der Waals surface area contributed by atoms with Gasteiger partial charge >= 0.3 is 0 Å². The molecule has 1 aromatic heterocycles. The number of anilines is 1. The van der Waals surface area contributed by atoms with E-state index in [-0.39, 0.29) is 5.91 Å². The molecule has 0 radical (unpaired) electrons. The summed E-state index contributed by atoms with van der Waals surface area (Å²) in [4.78, 5) is 17.2. The van der Waals surface area contributed by atoms with Gasteiger partial charge in [0.1, 0.15) is 11.3 Å². The number of nitrogens with one attached hydrogen (secondary N) is 1. The van der Waals surface area contributed by atoms with E-state index in [1.165, 1.54) is 5.56 Å². The Morgan fingerprint density at radius 3 is 2.56 bits per heavy atom. The zero-order valence-corrected chi connectivity index (χ0v) is 19.1. The van der Waals surface area contributed by atoms with Crippen molar-refractivity contribution >= 4 is 34.3 Å². The molecule has 0 saturated heterocycles. The van der Waals surface area contributed by atoms with Crippen molar-refractivity contribution in [2.24, 2.45) is 0 Å². The number of carbonyl (C=O) groups excluding carboxylic acids is 1. The van der Waals surface area contributed by atoms with Gasteiger partial charge in [0.2, 0.25) is 0 Å². The first-order valence-electron chi connectivity index (χ1n) is 10.6. The highest BCUT2D eigenvalue weighted by Gasteiger charge is 2.11. The Hall–Kier alpha value is -3.31. The van der Waals surface area contributed by atoms with Crippen LogP contribution >= 0.6 is 11.6 Å².